The van der Waals surface area contributed by atoms with Crippen LogP contribution in [0, 0.1) is 5.92 Å². The number of nitrogens with zero attached hydrogens (tertiary/aromatic N) is 2. The van der Waals surface area contributed by atoms with Gasteiger partial charge in [0.05, 0.1) is 0 Å². The monoisotopic (exact) mass is 278 g/mol. The van der Waals surface area contributed by atoms with Crippen molar-refractivity contribution in [1.29, 1.82) is 0 Å². The van der Waals surface area contributed by atoms with Crippen LogP contribution < -0.4 is 5.32 Å². The van der Waals surface area contributed by atoms with Gasteiger partial charge in [0.15, 0.2) is 0 Å². The number of hydrogen-bond acceptors (Lipinski definition) is 3. The summed E-state index contributed by atoms with van der Waals surface area (Å²) in [6, 6.07) is 0.254. The van der Waals surface area contributed by atoms with E-state index >= 15 is 0 Å². The first-order valence-electron chi connectivity index (χ1n) is 7.85. The number of H-pyrrole nitrogens is 1. The van der Waals surface area contributed by atoms with Gasteiger partial charge in [-0.2, -0.15) is 0 Å². The van der Waals surface area contributed by atoms with E-state index in [-0.39, 0.29) is 23.7 Å². The van der Waals surface area contributed by atoms with Crippen molar-refractivity contribution in [1.82, 2.24) is 20.5 Å². The van der Waals surface area contributed by atoms with Gasteiger partial charge < -0.3 is 5.32 Å². The molecule has 1 saturated carbocycles. The van der Waals surface area contributed by atoms with E-state index in [4.69, 9.17) is 0 Å². The SMILES string of the molecule is CCC(NC(=O)c1n[nH]c(C(C)C)n1)C1CCCCC1. The van der Waals surface area contributed by atoms with Crippen LogP contribution in [0.15, 0.2) is 0 Å². The number of aromatic nitrogens is 3. The second-order valence-corrected chi connectivity index (χ2v) is 6.09. The molecule has 0 bridgehead atoms. The molecule has 2 N–H and O–H groups in total. The van der Waals surface area contributed by atoms with Gasteiger partial charge in [-0.05, 0) is 25.2 Å². The first-order valence-corrected chi connectivity index (χ1v) is 7.85. The summed E-state index contributed by atoms with van der Waals surface area (Å²) in [6.45, 7) is 6.19. The highest BCUT2D eigenvalue weighted by molar-refractivity contribution is 5.90. The van der Waals surface area contributed by atoms with Crippen LogP contribution in [0.25, 0.3) is 0 Å². The average Bonchev–Trinajstić information content (AvgIpc) is 2.95. The smallest absolute Gasteiger partial charge is 0.291 e. The van der Waals surface area contributed by atoms with Crippen molar-refractivity contribution in [2.45, 2.75) is 71.3 Å². The highest BCUT2D eigenvalue weighted by Gasteiger charge is 2.25. The Morgan fingerprint density at radius 2 is 2.05 bits per heavy atom. The Kier molecular flexibility index (Phi) is 5.15. The van der Waals surface area contributed by atoms with Gasteiger partial charge >= 0.3 is 0 Å². The van der Waals surface area contributed by atoms with Crippen LogP contribution in [-0.2, 0) is 0 Å². The van der Waals surface area contributed by atoms with Crippen LogP contribution in [0.4, 0.5) is 0 Å². The molecule has 0 spiro atoms. The van der Waals surface area contributed by atoms with Crippen molar-refractivity contribution < 1.29 is 4.79 Å². The van der Waals surface area contributed by atoms with Crippen molar-refractivity contribution in [2.24, 2.45) is 5.92 Å². The van der Waals surface area contributed by atoms with Gasteiger partial charge in [0, 0.05) is 12.0 Å². The third kappa shape index (κ3) is 3.58. The summed E-state index contributed by atoms with van der Waals surface area (Å²) in [6.07, 6.45) is 7.33. The number of hydrogen-bond donors (Lipinski definition) is 2. The predicted octanol–water partition coefficient (Wildman–Crippen LogP) is 3.02. The third-order valence-electron chi connectivity index (χ3n) is 4.23. The molecule has 1 heterocycles. The summed E-state index contributed by atoms with van der Waals surface area (Å²) in [5, 5.41) is 9.98. The fourth-order valence-corrected chi connectivity index (χ4v) is 2.96. The van der Waals surface area contributed by atoms with Gasteiger partial charge in [-0.1, -0.05) is 40.0 Å². The zero-order valence-electron chi connectivity index (χ0n) is 12.8. The molecule has 5 nitrogen and oxygen atoms in total. The average molecular weight is 278 g/mol. The minimum atomic E-state index is -0.148. The molecule has 1 aliphatic carbocycles. The summed E-state index contributed by atoms with van der Waals surface area (Å²) in [5.74, 6) is 1.75. The van der Waals surface area contributed by atoms with E-state index in [1.807, 2.05) is 13.8 Å². The number of carbonyl (C=O) groups is 1. The largest absolute Gasteiger partial charge is 0.346 e. The van der Waals surface area contributed by atoms with Crippen LogP contribution in [-0.4, -0.2) is 27.1 Å². The lowest BCUT2D eigenvalue weighted by Crippen LogP contribution is -2.41. The Balaban J connectivity index is 1.97. The number of nitrogens with one attached hydrogen (secondary N) is 2. The van der Waals surface area contributed by atoms with Crippen molar-refractivity contribution in [3.8, 4) is 0 Å². The molecular formula is C15H26N4O. The van der Waals surface area contributed by atoms with E-state index in [1.54, 1.807) is 0 Å². The van der Waals surface area contributed by atoms with E-state index in [9.17, 15) is 4.79 Å². The van der Waals surface area contributed by atoms with E-state index < -0.39 is 0 Å². The molecule has 0 radical (unpaired) electrons. The Bertz CT molecular complexity index is 435. The van der Waals surface area contributed by atoms with Crippen LogP contribution >= 0.6 is 0 Å². The van der Waals surface area contributed by atoms with Gasteiger partial charge in [0.1, 0.15) is 5.82 Å². The molecule has 0 saturated heterocycles. The summed E-state index contributed by atoms with van der Waals surface area (Å²) >= 11 is 0. The normalized spacial score (nSPS) is 18.2. The van der Waals surface area contributed by atoms with Gasteiger partial charge in [-0.15, -0.1) is 5.10 Å². The quantitative estimate of drug-likeness (QED) is 0.869. The lowest BCUT2D eigenvalue weighted by atomic mass is 9.83. The number of rotatable bonds is 5. The maximum atomic E-state index is 12.2. The molecule has 1 fully saturated rings. The molecule has 1 atom stereocenters. The van der Waals surface area contributed by atoms with Crippen LogP contribution in [0.3, 0.4) is 0 Å². The van der Waals surface area contributed by atoms with E-state index in [1.165, 1.54) is 32.1 Å². The molecule has 1 amide bonds. The van der Waals surface area contributed by atoms with Gasteiger partial charge in [0.2, 0.25) is 5.82 Å². The molecule has 5 heteroatoms. The lowest BCUT2D eigenvalue weighted by Gasteiger charge is -2.29. The predicted molar refractivity (Wildman–Crippen MR) is 78.6 cm³/mol. The summed E-state index contributed by atoms with van der Waals surface area (Å²) < 4.78 is 0. The third-order valence-corrected chi connectivity index (χ3v) is 4.23. The zero-order valence-corrected chi connectivity index (χ0v) is 12.8. The molecule has 1 aliphatic rings. The fourth-order valence-electron chi connectivity index (χ4n) is 2.96. The highest BCUT2D eigenvalue weighted by Crippen LogP contribution is 2.27. The maximum absolute atomic E-state index is 12.2. The molecule has 20 heavy (non-hydrogen) atoms. The van der Waals surface area contributed by atoms with Crippen molar-refractivity contribution in [2.75, 3.05) is 0 Å². The molecule has 1 aromatic heterocycles. The molecular weight excluding hydrogens is 252 g/mol. The molecule has 2 rings (SSSR count). The number of amides is 1. The summed E-state index contributed by atoms with van der Waals surface area (Å²) in [4.78, 5) is 16.5. The molecule has 112 valence electrons. The first-order chi connectivity index (χ1) is 9.61. The second kappa shape index (κ2) is 6.86. The minimum absolute atomic E-state index is 0.148. The second-order valence-electron chi connectivity index (χ2n) is 6.09. The van der Waals surface area contributed by atoms with E-state index in [0.29, 0.717) is 5.92 Å². The van der Waals surface area contributed by atoms with Gasteiger partial charge in [-0.3, -0.25) is 9.89 Å². The Morgan fingerprint density at radius 3 is 2.60 bits per heavy atom. The maximum Gasteiger partial charge on any atom is 0.291 e. The molecule has 0 aliphatic heterocycles. The Labute approximate surface area is 120 Å². The van der Waals surface area contributed by atoms with Crippen LogP contribution in [0.5, 0.6) is 0 Å². The first kappa shape index (κ1) is 15.0. The van der Waals surface area contributed by atoms with Crippen molar-refractivity contribution in [3.05, 3.63) is 11.6 Å². The van der Waals surface area contributed by atoms with Crippen molar-refractivity contribution in [3.63, 3.8) is 0 Å². The highest BCUT2D eigenvalue weighted by atomic mass is 16.2. The topological polar surface area (TPSA) is 70.7 Å². The lowest BCUT2D eigenvalue weighted by molar-refractivity contribution is 0.0901. The summed E-state index contributed by atoms with van der Waals surface area (Å²) in [7, 11) is 0. The van der Waals surface area contributed by atoms with Crippen molar-refractivity contribution >= 4 is 5.91 Å². The zero-order chi connectivity index (χ0) is 14.5. The van der Waals surface area contributed by atoms with Crippen LogP contribution in [0.2, 0.25) is 0 Å². The molecule has 0 aromatic carbocycles. The van der Waals surface area contributed by atoms with Gasteiger partial charge in [0.25, 0.3) is 5.91 Å². The Morgan fingerprint density at radius 1 is 1.35 bits per heavy atom. The van der Waals surface area contributed by atoms with E-state index in [2.05, 4.69) is 27.4 Å². The fraction of sp³-hybridized carbons (Fsp3) is 0.800. The summed E-state index contributed by atoms with van der Waals surface area (Å²) in [5.41, 5.74) is 0. The number of aromatic amines is 1. The Hall–Kier alpha value is -1.39. The standard InChI is InChI=1S/C15H26N4O/c1-4-12(11-8-6-5-7-9-11)16-15(20)14-17-13(10(2)3)18-19-14/h10-12H,4-9H2,1-3H3,(H,16,20)(H,17,18,19). The van der Waals surface area contributed by atoms with E-state index in [0.717, 1.165) is 12.2 Å². The van der Waals surface area contributed by atoms with Gasteiger partial charge in [-0.25, -0.2) is 4.98 Å². The number of carbonyl (C=O) groups excluding carboxylic acids is 1. The van der Waals surface area contributed by atoms with Crippen LogP contribution in [0.1, 0.15) is 81.7 Å². The molecule has 1 unspecified atom stereocenters. The minimum Gasteiger partial charge on any atom is -0.346 e. The molecule has 1 aromatic rings.